The van der Waals surface area contributed by atoms with E-state index in [4.69, 9.17) is 21.2 Å². The number of hydrogen-bond donors (Lipinski definition) is 0. The summed E-state index contributed by atoms with van der Waals surface area (Å²) in [5.41, 5.74) is 1.68. The smallest absolute Gasteiger partial charge is 0.235 e. The number of likely N-dealkylation sites (tertiary alicyclic amines) is 1. The molecule has 2 amide bonds. The van der Waals surface area contributed by atoms with Crippen molar-refractivity contribution in [1.29, 1.82) is 0 Å². The molecule has 0 radical (unpaired) electrons. The van der Waals surface area contributed by atoms with Crippen molar-refractivity contribution >= 4 is 29.1 Å². The molecule has 0 spiro atoms. The number of hydrogen-bond acceptors (Lipinski definition) is 5. The largest absolute Gasteiger partial charge is 0.389 e. The Morgan fingerprint density at radius 2 is 1.71 bits per heavy atom. The zero-order chi connectivity index (χ0) is 16.6. The Labute approximate surface area is 143 Å². The number of benzene rings is 1. The van der Waals surface area contributed by atoms with Crippen LogP contribution in [0.25, 0.3) is 0 Å². The van der Waals surface area contributed by atoms with Gasteiger partial charge in [0.15, 0.2) is 6.10 Å². The predicted octanol–water partition coefficient (Wildman–Crippen LogP) is 1.46. The van der Waals surface area contributed by atoms with E-state index < -0.39 is 17.9 Å². The second kappa shape index (κ2) is 4.80. The van der Waals surface area contributed by atoms with Crippen LogP contribution in [0.2, 0.25) is 5.02 Å². The fourth-order valence-electron chi connectivity index (χ4n) is 4.59. The molecular weight excluding hydrogens is 332 g/mol. The second-order valence-corrected chi connectivity index (χ2v) is 7.05. The molecule has 4 aliphatic heterocycles. The highest BCUT2D eigenvalue weighted by molar-refractivity contribution is 6.30. The molecule has 0 aromatic heterocycles. The van der Waals surface area contributed by atoms with Gasteiger partial charge in [0.1, 0.15) is 6.10 Å². The van der Waals surface area contributed by atoms with Gasteiger partial charge in [-0.25, -0.2) is 0 Å². The number of imide groups is 1. The van der Waals surface area contributed by atoms with Crippen molar-refractivity contribution < 1.29 is 19.2 Å². The maximum Gasteiger partial charge on any atom is 0.235 e. The minimum atomic E-state index is -0.427. The van der Waals surface area contributed by atoms with Crippen molar-refractivity contribution in [2.24, 2.45) is 22.9 Å². The number of nitrogens with zero attached hydrogens (tertiary/aromatic N) is 2. The molecule has 0 saturated carbocycles. The molecule has 5 rings (SSSR count). The minimum Gasteiger partial charge on any atom is -0.389 e. The van der Waals surface area contributed by atoms with E-state index in [1.807, 2.05) is 19.1 Å². The molecule has 1 aromatic carbocycles. The van der Waals surface area contributed by atoms with Crippen molar-refractivity contribution in [2.45, 2.75) is 25.2 Å². The zero-order valence-corrected chi connectivity index (χ0v) is 13.6. The Balaban J connectivity index is 1.51. The van der Waals surface area contributed by atoms with Crippen molar-refractivity contribution in [1.82, 2.24) is 4.90 Å². The first-order valence-corrected chi connectivity index (χ1v) is 8.50. The van der Waals surface area contributed by atoms with Gasteiger partial charge in [-0.1, -0.05) is 28.9 Å². The molecule has 1 aromatic rings. The molecule has 4 aliphatic rings. The molecule has 7 heteroatoms. The lowest BCUT2D eigenvalue weighted by Crippen LogP contribution is -2.45. The Bertz CT molecular complexity index is 777. The summed E-state index contributed by atoms with van der Waals surface area (Å²) in [5.74, 6) is -1.22. The molecule has 6 atom stereocenters. The van der Waals surface area contributed by atoms with Crippen LogP contribution in [0.5, 0.6) is 0 Å². The Hall–Kier alpha value is -1.92. The molecule has 6 nitrogen and oxygen atoms in total. The second-order valence-electron chi connectivity index (χ2n) is 6.62. The lowest BCUT2D eigenvalue weighted by atomic mass is 9.71. The van der Waals surface area contributed by atoms with Crippen LogP contribution in [0.3, 0.4) is 0 Å². The molecule has 3 fully saturated rings. The van der Waals surface area contributed by atoms with Gasteiger partial charge in [-0.2, -0.15) is 0 Å². The van der Waals surface area contributed by atoms with Crippen molar-refractivity contribution in [3.8, 4) is 0 Å². The van der Waals surface area contributed by atoms with Crippen LogP contribution < -0.4 is 0 Å². The number of amides is 2. The van der Waals surface area contributed by atoms with E-state index in [0.717, 1.165) is 11.3 Å². The first kappa shape index (κ1) is 14.4. The summed E-state index contributed by atoms with van der Waals surface area (Å²) in [6.07, 6.45) is -1.04. The average Bonchev–Trinajstić information content (AvgIpc) is 3.29. The highest BCUT2D eigenvalue weighted by atomic mass is 35.5. The van der Waals surface area contributed by atoms with Crippen LogP contribution in [0, 0.1) is 17.8 Å². The van der Waals surface area contributed by atoms with E-state index in [0.29, 0.717) is 11.6 Å². The summed E-state index contributed by atoms with van der Waals surface area (Å²) in [5, 5.41) is 4.88. The standard InChI is InChI=1S/C17H15ClN2O4/c1-2-20-16(21)9-10(17(20)22)14-15-11(13(9)23-14)12(19-24-15)7-3-5-8(18)6-4-7/h3-6,9-11,13-15H,2H2,1H3/t9-,10-,11-,13+,14+,15+/m0/s1. The van der Waals surface area contributed by atoms with Crippen LogP contribution in [0.4, 0.5) is 0 Å². The van der Waals surface area contributed by atoms with Crippen LogP contribution in [-0.4, -0.2) is 47.3 Å². The van der Waals surface area contributed by atoms with E-state index in [-0.39, 0.29) is 29.9 Å². The topological polar surface area (TPSA) is 68.2 Å². The molecule has 3 saturated heterocycles. The number of carbonyl (C=O) groups excluding carboxylic acids is 2. The lowest BCUT2D eigenvalue weighted by Gasteiger charge is -2.26. The average molecular weight is 347 g/mol. The third-order valence-electron chi connectivity index (χ3n) is 5.59. The normalized spacial score (nSPS) is 39.1. The van der Waals surface area contributed by atoms with Gasteiger partial charge >= 0.3 is 0 Å². The van der Waals surface area contributed by atoms with E-state index in [1.165, 1.54) is 4.90 Å². The number of oxime groups is 1. The van der Waals surface area contributed by atoms with Gasteiger partial charge in [-0.05, 0) is 24.6 Å². The van der Waals surface area contributed by atoms with E-state index in [1.54, 1.807) is 12.1 Å². The highest BCUT2D eigenvalue weighted by Gasteiger charge is 2.71. The number of ether oxygens (including phenoxy) is 1. The van der Waals surface area contributed by atoms with E-state index in [9.17, 15) is 9.59 Å². The summed E-state index contributed by atoms with van der Waals surface area (Å²) in [6.45, 7) is 2.22. The molecular formula is C17H15ClN2O4. The van der Waals surface area contributed by atoms with Crippen LogP contribution >= 0.6 is 11.6 Å². The van der Waals surface area contributed by atoms with Gasteiger partial charge in [0.2, 0.25) is 11.8 Å². The monoisotopic (exact) mass is 346 g/mol. The van der Waals surface area contributed by atoms with E-state index >= 15 is 0 Å². The number of carbonyl (C=O) groups is 2. The first-order chi connectivity index (χ1) is 11.6. The maximum atomic E-state index is 12.6. The Morgan fingerprint density at radius 1 is 1.04 bits per heavy atom. The van der Waals surface area contributed by atoms with Gasteiger partial charge in [-0.3, -0.25) is 14.5 Å². The predicted molar refractivity (Wildman–Crippen MR) is 84.4 cm³/mol. The number of rotatable bonds is 2. The maximum absolute atomic E-state index is 12.6. The van der Waals surface area contributed by atoms with Gasteiger partial charge in [0, 0.05) is 11.6 Å². The molecule has 24 heavy (non-hydrogen) atoms. The van der Waals surface area contributed by atoms with Gasteiger partial charge in [0.25, 0.3) is 0 Å². The Morgan fingerprint density at radius 3 is 2.38 bits per heavy atom. The fourth-order valence-corrected chi connectivity index (χ4v) is 4.72. The summed E-state index contributed by atoms with van der Waals surface area (Å²) >= 11 is 5.95. The third-order valence-corrected chi connectivity index (χ3v) is 5.84. The van der Waals surface area contributed by atoms with E-state index in [2.05, 4.69) is 5.16 Å². The molecule has 0 N–H and O–H groups in total. The fraction of sp³-hybridized carbons (Fsp3) is 0.471. The highest BCUT2D eigenvalue weighted by Crippen LogP contribution is 2.54. The number of fused-ring (bicyclic) bond motifs is 8. The van der Waals surface area contributed by atoms with Crippen molar-refractivity contribution in [3.05, 3.63) is 34.9 Å². The Kier molecular flexibility index (Phi) is 2.89. The molecule has 0 unspecified atom stereocenters. The molecule has 0 aliphatic carbocycles. The zero-order valence-electron chi connectivity index (χ0n) is 12.9. The molecule has 124 valence electrons. The third kappa shape index (κ3) is 1.62. The summed E-state index contributed by atoms with van der Waals surface area (Å²) in [6, 6.07) is 7.37. The van der Waals surface area contributed by atoms with Crippen LogP contribution in [-0.2, 0) is 19.2 Å². The number of halogens is 1. The lowest BCUT2D eigenvalue weighted by molar-refractivity contribution is -0.142. The summed E-state index contributed by atoms with van der Waals surface area (Å²) in [7, 11) is 0. The molecule has 2 bridgehead atoms. The van der Waals surface area contributed by atoms with Gasteiger partial charge < -0.3 is 9.57 Å². The van der Waals surface area contributed by atoms with Crippen molar-refractivity contribution in [3.63, 3.8) is 0 Å². The van der Waals surface area contributed by atoms with Crippen molar-refractivity contribution in [2.75, 3.05) is 6.54 Å². The SMILES string of the molecule is CCN1C(=O)[C@@H]2[C@H]3O[C@@H]([C@@H]4C(c5ccc(Cl)cc5)=NO[C@@H]34)[C@H]2C1=O. The summed E-state index contributed by atoms with van der Waals surface area (Å²) < 4.78 is 6.02. The quantitative estimate of drug-likeness (QED) is 0.760. The van der Waals surface area contributed by atoms with Crippen LogP contribution in [0.15, 0.2) is 29.4 Å². The van der Waals surface area contributed by atoms with Crippen LogP contribution in [0.1, 0.15) is 12.5 Å². The molecule has 4 heterocycles. The van der Waals surface area contributed by atoms with Gasteiger partial charge in [0.05, 0.1) is 29.6 Å². The van der Waals surface area contributed by atoms with Gasteiger partial charge in [-0.15, -0.1) is 0 Å². The first-order valence-electron chi connectivity index (χ1n) is 8.12. The minimum absolute atomic E-state index is 0.119. The summed E-state index contributed by atoms with van der Waals surface area (Å²) in [4.78, 5) is 32.1.